The Labute approximate surface area is 168 Å². The molecule has 0 fully saturated rings. The smallest absolute Gasteiger partial charge is 0.268 e. The van der Waals surface area contributed by atoms with Crippen molar-refractivity contribution >= 4 is 23.1 Å². The van der Waals surface area contributed by atoms with E-state index in [0.717, 1.165) is 16.7 Å². The van der Waals surface area contributed by atoms with Gasteiger partial charge in [-0.15, -0.1) is 0 Å². The fourth-order valence-electron chi connectivity index (χ4n) is 3.08. The van der Waals surface area contributed by atoms with Gasteiger partial charge in [-0.05, 0) is 54.1 Å². The molecular formula is C23H14F4N2O. The minimum Gasteiger partial charge on any atom is -0.268 e. The number of alkyl halides is 3. The third-order valence-electron chi connectivity index (χ3n) is 4.53. The summed E-state index contributed by atoms with van der Waals surface area (Å²) in [5.74, 6) is -0.237. The lowest BCUT2D eigenvalue weighted by molar-refractivity contribution is -0.137. The molecule has 30 heavy (non-hydrogen) atoms. The molecule has 7 heteroatoms. The summed E-state index contributed by atoms with van der Waals surface area (Å²) in [4.78, 5) is 17.6. The first kappa shape index (κ1) is 19.6. The van der Waals surface area contributed by atoms with E-state index in [4.69, 9.17) is 0 Å². The maximum atomic E-state index is 13.2. The molecule has 0 aliphatic rings. The van der Waals surface area contributed by atoms with Gasteiger partial charge in [0, 0.05) is 0 Å². The number of hydrogen-bond acceptors (Lipinski definition) is 2. The van der Waals surface area contributed by atoms with E-state index < -0.39 is 23.1 Å². The Bertz CT molecular complexity index is 1310. The van der Waals surface area contributed by atoms with Gasteiger partial charge in [-0.3, -0.25) is 9.36 Å². The van der Waals surface area contributed by atoms with Crippen LogP contribution < -0.4 is 5.56 Å². The van der Waals surface area contributed by atoms with Crippen molar-refractivity contribution in [3.8, 4) is 5.69 Å². The van der Waals surface area contributed by atoms with E-state index in [0.29, 0.717) is 11.1 Å². The molecular weight excluding hydrogens is 396 g/mol. The zero-order valence-electron chi connectivity index (χ0n) is 15.4. The van der Waals surface area contributed by atoms with E-state index >= 15 is 0 Å². The zero-order valence-corrected chi connectivity index (χ0v) is 15.4. The van der Waals surface area contributed by atoms with Crippen LogP contribution in [0.2, 0.25) is 0 Å². The monoisotopic (exact) mass is 410 g/mol. The Morgan fingerprint density at radius 3 is 2.33 bits per heavy atom. The highest BCUT2D eigenvalue weighted by Crippen LogP contribution is 2.30. The van der Waals surface area contributed by atoms with Gasteiger partial charge in [0.25, 0.3) is 5.56 Å². The average Bonchev–Trinajstić information content (AvgIpc) is 2.73. The third-order valence-corrected chi connectivity index (χ3v) is 4.53. The predicted octanol–water partition coefficient (Wildman–Crippen LogP) is 5.71. The Kier molecular flexibility index (Phi) is 4.95. The van der Waals surface area contributed by atoms with Gasteiger partial charge in [-0.2, -0.15) is 13.2 Å². The molecule has 0 unspecified atom stereocenters. The molecule has 4 aromatic rings. The fraction of sp³-hybridized carbons (Fsp3) is 0.0435. The van der Waals surface area contributed by atoms with Crippen LogP contribution in [0.4, 0.5) is 17.6 Å². The fourth-order valence-corrected chi connectivity index (χ4v) is 3.08. The van der Waals surface area contributed by atoms with Crippen LogP contribution in [0.5, 0.6) is 0 Å². The number of nitrogens with zero attached hydrogens (tertiary/aromatic N) is 2. The van der Waals surface area contributed by atoms with Crippen LogP contribution in [0.3, 0.4) is 0 Å². The molecule has 4 rings (SSSR count). The van der Waals surface area contributed by atoms with Crippen LogP contribution in [0.25, 0.3) is 28.7 Å². The highest BCUT2D eigenvalue weighted by atomic mass is 19.4. The largest absolute Gasteiger partial charge is 0.416 e. The Morgan fingerprint density at radius 2 is 1.60 bits per heavy atom. The number of para-hydroxylation sites is 1. The summed E-state index contributed by atoms with van der Waals surface area (Å²) in [5, 5.41) is 0.286. The quantitative estimate of drug-likeness (QED) is 0.405. The second-order valence-electron chi connectivity index (χ2n) is 6.56. The van der Waals surface area contributed by atoms with Crippen molar-refractivity contribution in [2.45, 2.75) is 6.18 Å². The van der Waals surface area contributed by atoms with Gasteiger partial charge in [0.15, 0.2) is 0 Å². The highest BCUT2D eigenvalue weighted by molar-refractivity contribution is 5.80. The van der Waals surface area contributed by atoms with Gasteiger partial charge in [-0.25, -0.2) is 9.37 Å². The molecule has 1 heterocycles. The molecule has 0 amide bonds. The Balaban J connectivity index is 1.93. The summed E-state index contributed by atoms with van der Waals surface area (Å²) in [6.07, 6.45) is -1.42. The number of benzene rings is 3. The molecule has 0 atom stereocenters. The lowest BCUT2D eigenvalue weighted by Crippen LogP contribution is -2.22. The molecule has 3 nitrogen and oxygen atoms in total. The maximum absolute atomic E-state index is 13.2. The van der Waals surface area contributed by atoms with Crippen molar-refractivity contribution < 1.29 is 17.6 Å². The van der Waals surface area contributed by atoms with Gasteiger partial charge < -0.3 is 0 Å². The molecule has 0 spiro atoms. The van der Waals surface area contributed by atoms with Crippen molar-refractivity contribution in [1.82, 2.24) is 9.55 Å². The first-order valence-electron chi connectivity index (χ1n) is 8.96. The molecule has 1 aromatic heterocycles. The van der Waals surface area contributed by atoms with Gasteiger partial charge in [0.1, 0.15) is 11.6 Å². The number of aromatic nitrogens is 2. The minimum atomic E-state index is -4.55. The lowest BCUT2D eigenvalue weighted by atomic mass is 10.1. The second kappa shape index (κ2) is 7.59. The molecule has 0 N–H and O–H groups in total. The second-order valence-corrected chi connectivity index (χ2v) is 6.56. The van der Waals surface area contributed by atoms with Gasteiger partial charge in [-0.1, -0.05) is 36.4 Å². The van der Waals surface area contributed by atoms with E-state index in [1.807, 2.05) is 0 Å². The van der Waals surface area contributed by atoms with E-state index in [9.17, 15) is 22.4 Å². The molecule has 0 aliphatic carbocycles. The van der Waals surface area contributed by atoms with Gasteiger partial charge >= 0.3 is 6.18 Å². The van der Waals surface area contributed by atoms with Gasteiger partial charge in [0.2, 0.25) is 0 Å². The molecule has 3 aromatic carbocycles. The summed E-state index contributed by atoms with van der Waals surface area (Å²) in [5.41, 5.74) is -0.238. The SMILES string of the molecule is O=c1c2ccccc2nc(C=Cc2ccc(F)cc2)n1-c1cccc(C(F)(F)F)c1. The lowest BCUT2D eigenvalue weighted by Gasteiger charge is -2.13. The number of fused-ring (bicyclic) bond motifs is 1. The highest BCUT2D eigenvalue weighted by Gasteiger charge is 2.30. The van der Waals surface area contributed by atoms with E-state index in [1.54, 1.807) is 42.5 Å². The summed E-state index contributed by atoms with van der Waals surface area (Å²) < 4.78 is 53.8. The third kappa shape index (κ3) is 3.87. The summed E-state index contributed by atoms with van der Waals surface area (Å²) in [7, 11) is 0. The summed E-state index contributed by atoms with van der Waals surface area (Å²) in [6.45, 7) is 0. The molecule has 0 saturated heterocycles. The van der Waals surface area contributed by atoms with Crippen molar-refractivity contribution in [1.29, 1.82) is 0 Å². The molecule has 150 valence electrons. The van der Waals surface area contributed by atoms with E-state index in [2.05, 4.69) is 4.98 Å². The van der Waals surface area contributed by atoms with Crippen molar-refractivity contribution in [2.24, 2.45) is 0 Å². The van der Waals surface area contributed by atoms with E-state index in [-0.39, 0.29) is 16.9 Å². The zero-order chi connectivity index (χ0) is 21.3. The summed E-state index contributed by atoms with van der Waals surface area (Å²) >= 11 is 0. The van der Waals surface area contributed by atoms with Gasteiger partial charge in [0.05, 0.1) is 22.2 Å². The normalized spacial score (nSPS) is 12.0. The number of hydrogen-bond donors (Lipinski definition) is 0. The number of halogens is 4. The topological polar surface area (TPSA) is 34.9 Å². The van der Waals surface area contributed by atoms with Crippen molar-refractivity contribution in [3.63, 3.8) is 0 Å². The Morgan fingerprint density at radius 1 is 0.867 bits per heavy atom. The first-order valence-corrected chi connectivity index (χ1v) is 8.96. The first-order chi connectivity index (χ1) is 14.3. The number of rotatable bonds is 3. The predicted molar refractivity (Wildman–Crippen MR) is 108 cm³/mol. The minimum absolute atomic E-state index is 0.0480. The van der Waals surface area contributed by atoms with Crippen molar-refractivity contribution in [3.05, 3.63) is 106 Å². The van der Waals surface area contributed by atoms with Crippen LogP contribution in [-0.4, -0.2) is 9.55 Å². The van der Waals surface area contributed by atoms with E-state index in [1.165, 1.54) is 30.3 Å². The van der Waals surface area contributed by atoms with Crippen LogP contribution in [0.1, 0.15) is 17.0 Å². The molecule has 0 aliphatic heterocycles. The van der Waals surface area contributed by atoms with Crippen LogP contribution in [-0.2, 0) is 6.18 Å². The molecule has 0 bridgehead atoms. The molecule has 0 radical (unpaired) electrons. The summed E-state index contributed by atoms with van der Waals surface area (Å²) in [6, 6.07) is 16.8. The van der Waals surface area contributed by atoms with Crippen LogP contribution >= 0.6 is 0 Å². The van der Waals surface area contributed by atoms with Crippen LogP contribution in [0, 0.1) is 5.82 Å². The Hall–Kier alpha value is -3.74. The maximum Gasteiger partial charge on any atom is 0.416 e. The standard InChI is InChI=1S/C23H14F4N2O/c24-17-11-8-15(9-12-17)10-13-21-28-20-7-2-1-6-19(20)22(30)29(21)18-5-3-4-16(14-18)23(25,26)27/h1-14H. The molecule has 0 saturated carbocycles. The van der Waals surface area contributed by atoms with Crippen molar-refractivity contribution in [2.75, 3.05) is 0 Å². The van der Waals surface area contributed by atoms with Crippen LogP contribution in [0.15, 0.2) is 77.6 Å². The average molecular weight is 410 g/mol.